The zero-order chi connectivity index (χ0) is 9.97. The summed E-state index contributed by atoms with van der Waals surface area (Å²) in [4.78, 5) is 7.83. The van der Waals surface area contributed by atoms with Crippen molar-refractivity contribution in [2.24, 2.45) is 11.7 Å². The lowest BCUT2D eigenvalue weighted by molar-refractivity contribution is 0.620. The van der Waals surface area contributed by atoms with Gasteiger partial charge < -0.3 is 11.1 Å². The number of halogens is 1. The molecule has 1 saturated carbocycles. The Labute approximate surface area is 87.9 Å². The smallest absolute Gasteiger partial charge is 0.148 e. The van der Waals surface area contributed by atoms with E-state index in [1.807, 2.05) is 0 Å². The van der Waals surface area contributed by atoms with Crippen LogP contribution in [0.15, 0.2) is 12.5 Å². The van der Waals surface area contributed by atoms with E-state index in [0.717, 1.165) is 6.54 Å². The molecule has 5 heteroatoms. The topological polar surface area (TPSA) is 63.8 Å². The molecule has 1 atom stereocenters. The maximum atomic E-state index is 5.93. The first kappa shape index (κ1) is 9.68. The molecular weight excluding hydrogens is 200 g/mol. The van der Waals surface area contributed by atoms with Crippen molar-refractivity contribution in [2.75, 3.05) is 11.9 Å². The van der Waals surface area contributed by atoms with Crippen LogP contribution in [0.4, 0.5) is 5.82 Å². The molecule has 1 aliphatic rings. The summed E-state index contributed by atoms with van der Waals surface area (Å²) in [6, 6.07) is 0.209. The molecule has 1 aromatic heterocycles. The van der Waals surface area contributed by atoms with Gasteiger partial charge in [-0.25, -0.2) is 9.97 Å². The van der Waals surface area contributed by atoms with Gasteiger partial charge in [-0.1, -0.05) is 11.6 Å². The minimum absolute atomic E-state index is 0.209. The Balaban J connectivity index is 1.87. The molecular formula is C9H13ClN4. The van der Waals surface area contributed by atoms with Crippen molar-refractivity contribution in [3.63, 3.8) is 0 Å². The molecule has 1 heterocycles. The highest BCUT2D eigenvalue weighted by Crippen LogP contribution is 2.31. The maximum Gasteiger partial charge on any atom is 0.148 e. The zero-order valence-corrected chi connectivity index (χ0v) is 8.54. The van der Waals surface area contributed by atoms with Gasteiger partial charge in [0.15, 0.2) is 0 Å². The quantitative estimate of drug-likeness (QED) is 0.789. The standard InChI is InChI=1S/C9H13ClN4/c10-7-3-12-5-14-9(7)13-4-8(11)6-1-2-6/h3,5-6,8H,1-2,4,11H2,(H,12,13,14). The monoisotopic (exact) mass is 212 g/mol. The summed E-state index contributed by atoms with van der Waals surface area (Å²) in [6.45, 7) is 0.724. The van der Waals surface area contributed by atoms with Crippen molar-refractivity contribution in [3.05, 3.63) is 17.5 Å². The molecule has 0 aliphatic heterocycles. The molecule has 0 bridgehead atoms. The fourth-order valence-electron chi connectivity index (χ4n) is 1.35. The van der Waals surface area contributed by atoms with Crippen molar-refractivity contribution in [2.45, 2.75) is 18.9 Å². The Kier molecular flexibility index (Phi) is 2.84. The number of nitrogens with one attached hydrogen (secondary N) is 1. The van der Waals surface area contributed by atoms with E-state index >= 15 is 0 Å². The van der Waals surface area contributed by atoms with Crippen LogP contribution in [0.5, 0.6) is 0 Å². The summed E-state index contributed by atoms with van der Waals surface area (Å²) in [7, 11) is 0. The van der Waals surface area contributed by atoms with Gasteiger partial charge in [-0.2, -0.15) is 0 Å². The second kappa shape index (κ2) is 4.11. The summed E-state index contributed by atoms with van der Waals surface area (Å²) in [5.41, 5.74) is 5.93. The molecule has 1 unspecified atom stereocenters. The van der Waals surface area contributed by atoms with E-state index in [1.165, 1.54) is 19.2 Å². The first-order valence-electron chi connectivity index (χ1n) is 4.72. The van der Waals surface area contributed by atoms with Crippen molar-refractivity contribution >= 4 is 17.4 Å². The van der Waals surface area contributed by atoms with Crippen molar-refractivity contribution in [1.29, 1.82) is 0 Å². The Morgan fingerprint density at radius 2 is 2.43 bits per heavy atom. The van der Waals surface area contributed by atoms with E-state index in [2.05, 4.69) is 15.3 Å². The van der Waals surface area contributed by atoms with Crippen LogP contribution in [-0.2, 0) is 0 Å². The number of anilines is 1. The van der Waals surface area contributed by atoms with Crippen molar-refractivity contribution in [1.82, 2.24) is 9.97 Å². The van der Waals surface area contributed by atoms with Crippen LogP contribution in [0.3, 0.4) is 0 Å². The molecule has 0 amide bonds. The Bertz CT molecular complexity index is 313. The number of hydrogen-bond donors (Lipinski definition) is 2. The fourth-order valence-corrected chi connectivity index (χ4v) is 1.52. The summed E-state index contributed by atoms with van der Waals surface area (Å²) >= 11 is 5.87. The summed E-state index contributed by atoms with van der Waals surface area (Å²) < 4.78 is 0. The average Bonchev–Trinajstić information content (AvgIpc) is 2.99. The van der Waals surface area contributed by atoms with E-state index in [-0.39, 0.29) is 6.04 Å². The molecule has 0 aromatic carbocycles. The van der Waals surface area contributed by atoms with Crippen LogP contribution in [0.25, 0.3) is 0 Å². The second-order valence-electron chi connectivity index (χ2n) is 3.60. The Hall–Kier alpha value is -0.870. The SMILES string of the molecule is NC(CNc1ncncc1Cl)C1CC1. The highest BCUT2D eigenvalue weighted by atomic mass is 35.5. The molecule has 1 fully saturated rings. The number of rotatable bonds is 4. The molecule has 1 aromatic rings. The van der Waals surface area contributed by atoms with Gasteiger partial charge in [0.2, 0.25) is 0 Å². The summed E-state index contributed by atoms with van der Waals surface area (Å²) in [5.74, 6) is 1.35. The van der Waals surface area contributed by atoms with E-state index in [0.29, 0.717) is 16.8 Å². The minimum Gasteiger partial charge on any atom is -0.367 e. The average molecular weight is 213 g/mol. The van der Waals surface area contributed by atoms with Gasteiger partial charge in [0, 0.05) is 12.6 Å². The van der Waals surface area contributed by atoms with Crippen LogP contribution in [-0.4, -0.2) is 22.6 Å². The van der Waals surface area contributed by atoms with E-state index in [1.54, 1.807) is 6.20 Å². The van der Waals surface area contributed by atoms with Crippen LogP contribution < -0.4 is 11.1 Å². The molecule has 3 N–H and O–H groups in total. The lowest BCUT2D eigenvalue weighted by atomic mass is 10.2. The fraction of sp³-hybridized carbons (Fsp3) is 0.556. The lowest BCUT2D eigenvalue weighted by Gasteiger charge is -2.12. The van der Waals surface area contributed by atoms with Gasteiger partial charge in [0.1, 0.15) is 17.2 Å². The third kappa shape index (κ3) is 2.33. The number of hydrogen-bond acceptors (Lipinski definition) is 4. The third-order valence-electron chi connectivity index (χ3n) is 2.40. The van der Waals surface area contributed by atoms with Gasteiger partial charge in [-0.15, -0.1) is 0 Å². The second-order valence-corrected chi connectivity index (χ2v) is 4.01. The van der Waals surface area contributed by atoms with Gasteiger partial charge in [0.05, 0.1) is 6.20 Å². The number of nitrogens with zero attached hydrogens (tertiary/aromatic N) is 2. The predicted octanol–water partition coefficient (Wildman–Crippen LogP) is 1.28. The predicted molar refractivity (Wildman–Crippen MR) is 56.2 cm³/mol. The molecule has 4 nitrogen and oxygen atoms in total. The van der Waals surface area contributed by atoms with Crippen LogP contribution in [0.2, 0.25) is 5.02 Å². The van der Waals surface area contributed by atoms with E-state index in [4.69, 9.17) is 17.3 Å². The van der Waals surface area contributed by atoms with Crippen LogP contribution >= 0.6 is 11.6 Å². The Morgan fingerprint density at radius 1 is 1.64 bits per heavy atom. The van der Waals surface area contributed by atoms with Crippen LogP contribution in [0, 0.1) is 5.92 Å². The normalized spacial score (nSPS) is 17.9. The van der Waals surface area contributed by atoms with Gasteiger partial charge in [-0.05, 0) is 18.8 Å². The number of aromatic nitrogens is 2. The summed E-state index contributed by atoms with van der Waals surface area (Å²) in [6.07, 6.45) is 5.54. The first-order valence-corrected chi connectivity index (χ1v) is 5.10. The molecule has 14 heavy (non-hydrogen) atoms. The largest absolute Gasteiger partial charge is 0.367 e. The molecule has 0 saturated heterocycles. The highest BCUT2D eigenvalue weighted by molar-refractivity contribution is 6.32. The minimum atomic E-state index is 0.209. The zero-order valence-electron chi connectivity index (χ0n) is 7.78. The van der Waals surface area contributed by atoms with E-state index < -0.39 is 0 Å². The molecule has 0 radical (unpaired) electrons. The lowest BCUT2D eigenvalue weighted by Crippen LogP contribution is -2.31. The van der Waals surface area contributed by atoms with Crippen molar-refractivity contribution < 1.29 is 0 Å². The first-order chi connectivity index (χ1) is 6.77. The van der Waals surface area contributed by atoms with Gasteiger partial charge >= 0.3 is 0 Å². The molecule has 2 rings (SSSR count). The third-order valence-corrected chi connectivity index (χ3v) is 2.68. The van der Waals surface area contributed by atoms with Gasteiger partial charge in [0.25, 0.3) is 0 Å². The molecule has 76 valence electrons. The highest BCUT2D eigenvalue weighted by Gasteiger charge is 2.28. The van der Waals surface area contributed by atoms with Gasteiger partial charge in [-0.3, -0.25) is 0 Å². The Morgan fingerprint density at radius 3 is 3.07 bits per heavy atom. The van der Waals surface area contributed by atoms with E-state index in [9.17, 15) is 0 Å². The van der Waals surface area contributed by atoms with Crippen LogP contribution in [0.1, 0.15) is 12.8 Å². The summed E-state index contributed by atoms with van der Waals surface area (Å²) in [5, 5.41) is 3.66. The van der Waals surface area contributed by atoms with Crippen molar-refractivity contribution in [3.8, 4) is 0 Å². The molecule has 0 spiro atoms. The maximum absolute atomic E-state index is 5.93. The number of nitrogens with two attached hydrogens (primary N) is 1. The molecule has 1 aliphatic carbocycles.